The molecule has 13 heteroatoms. The number of unbranched alkanes of at least 4 members (excludes halogenated alkanes) is 39. The number of carbonyl (C=O) groups excluding carboxylic acids is 1. The molecule has 12 nitrogen and oxygen atoms in total. The smallest absolute Gasteiger partial charge is 0.387 e. The van der Waals surface area contributed by atoms with Crippen LogP contribution >= 0.6 is 7.82 Å². The third-order valence-corrected chi connectivity index (χ3v) is 15.3. The first kappa shape index (κ1) is 66.1. The molecule has 9 atom stereocenters. The summed E-state index contributed by atoms with van der Waals surface area (Å²) in [6.45, 7) is 3.87. The van der Waals surface area contributed by atoms with Crippen molar-refractivity contribution in [2.75, 3.05) is 6.61 Å². The summed E-state index contributed by atoms with van der Waals surface area (Å²) in [5.74, 6) is -0.335. The zero-order chi connectivity index (χ0) is 50.6. The Hall–Kier alpha value is -0.920. The lowest BCUT2D eigenvalue weighted by molar-refractivity contribution is -0.220. The Labute approximate surface area is 422 Å². The minimum atomic E-state index is -5.08. The first-order valence-electron chi connectivity index (χ1n) is 29.1. The Morgan fingerprint density at radius 2 is 0.768 bits per heavy atom. The molecule has 1 aliphatic carbocycles. The van der Waals surface area contributed by atoms with Crippen LogP contribution in [0.15, 0.2) is 12.2 Å². The first-order valence-corrected chi connectivity index (χ1v) is 30.6. The molecule has 0 aliphatic heterocycles. The van der Waals surface area contributed by atoms with Crippen molar-refractivity contribution < 1.29 is 53.9 Å². The molecule has 1 saturated carbocycles. The van der Waals surface area contributed by atoms with Gasteiger partial charge in [-0.15, -0.1) is 0 Å². The molecule has 0 aromatic rings. The number of nitrogens with one attached hydrogen (secondary N) is 1. The number of phosphoric ester groups is 1. The van der Waals surface area contributed by atoms with E-state index in [1.807, 2.05) is 6.08 Å². The summed E-state index contributed by atoms with van der Waals surface area (Å²) in [6, 6.07) is -1.11. The predicted octanol–water partition coefficient (Wildman–Crippen LogP) is 13.1. The number of hydrogen-bond acceptors (Lipinski definition) is 10. The highest BCUT2D eigenvalue weighted by atomic mass is 31.2. The number of allylic oxidation sites excluding steroid dienone is 1. The molecule has 0 heterocycles. The maximum Gasteiger partial charge on any atom is 0.472 e. The molecule has 0 aromatic carbocycles. The fraction of sp³-hybridized carbons (Fsp3) is 0.946. The standard InChI is InChI=1S/C56H110NO11P/c1-3-5-7-9-11-13-15-17-18-19-20-21-22-23-24-25-26-27-28-29-30-31-32-33-34-36-38-40-42-44-46-50(59)57-48(49(58)45-43-41-39-37-35-16-14-12-10-8-6-4-2)47-67-69(65,66)68-56-54(63)52(61)51(60)53(62)55(56)64/h43,45,48-49,51-56,58,60-64H,3-42,44,46-47H2,1-2H3,(H,57,59)(H,65,66)/b45-43+/t48-,49+,51?,52+,53?,54?,55?,56?/m0/s1. The molecule has 69 heavy (non-hydrogen) atoms. The van der Waals surface area contributed by atoms with Crippen LogP contribution in [0.5, 0.6) is 0 Å². The maximum atomic E-state index is 13.0. The van der Waals surface area contributed by atoms with Crippen molar-refractivity contribution in [2.24, 2.45) is 0 Å². The van der Waals surface area contributed by atoms with Gasteiger partial charge in [0.15, 0.2) is 0 Å². The van der Waals surface area contributed by atoms with Crippen LogP contribution in [0.4, 0.5) is 0 Å². The van der Waals surface area contributed by atoms with Gasteiger partial charge in [-0.05, 0) is 19.3 Å². The van der Waals surface area contributed by atoms with Gasteiger partial charge in [-0.2, -0.15) is 0 Å². The SMILES string of the molecule is CCCCCCCCCCCC/C=C/[C@@H](O)[C@H](COP(=O)(O)OC1C(O)C(O)C(O)[C@@H](O)C1O)NC(=O)CCCCCCCCCCCCCCCCCCCCCCCCCCCCCCCC. The third-order valence-electron chi connectivity index (χ3n) is 14.3. The summed E-state index contributed by atoms with van der Waals surface area (Å²) >= 11 is 0. The highest BCUT2D eigenvalue weighted by molar-refractivity contribution is 7.47. The monoisotopic (exact) mass is 1000 g/mol. The summed E-state index contributed by atoms with van der Waals surface area (Å²) in [6.07, 6.45) is 43.2. The van der Waals surface area contributed by atoms with Crippen molar-refractivity contribution >= 4 is 13.7 Å². The van der Waals surface area contributed by atoms with Crippen molar-refractivity contribution in [3.8, 4) is 0 Å². The van der Waals surface area contributed by atoms with Gasteiger partial charge in [0.25, 0.3) is 0 Å². The van der Waals surface area contributed by atoms with Gasteiger partial charge >= 0.3 is 7.82 Å². The number of aliphatic hydroxyl groups excluding tert-OH is 6. The normalized spacial score (nSPS) is 21.5. The van der Waals surface area contributed by atoms with E-state index in [4.69, 9.17) is 9.05 Å². The Kier molecular flexibility index (Phi) is 43.8. The lowest BCUT2D eigenvalue weighted by atomic mass is 9.85. The number of aliphatic hydroxyl groups is 6. The second-order valence-corrected chi connectivity index (χ2v) is 22.3. The van der Waals surface area contributed by atoms with Gasteiger partial charge in [0.1, 0.15) is 36.6 Å². The van der Waals surface area contributed by atoms with E-state index in [0.29, 0.717) is 6.42 Å². The second-order valence-electron chi connectivity index (χ2n) is 20.9. The van der Waals surface area contributed by atoms with Gasteiger partial charge in [-0.25, -0.2) is 4.57 Å². The van der Waals surface area contributed by atoms with Crippen LogP contribution in [0, 0.1) is 0 Å². The lowest BCUT2D eigenvalue weighted by Gasteiger charge is -2.41. The molecule has 1 aliphatic rings. The predicted molar refractivity (Wildman–Crippen MR) is 283 cm³/mol. The molecule has 0 aromatic heterocycles. The fourth-order valence-corrected chi connectivity index (χ4v) is 10.6. The Morgan fingerprint density at radius 1 is 0.478 bits per heavy atom. The summed E-state index contributed by atoms with van der Waals surface area (Å²) < 4.78 is 23.0. The number of phosphoric acid groups is 1. The van der Waals surface area contributed by atoms with Crippen LogP contribution in [0.2, 0.25) is 0 Å². The summed E-state index contributed by atoms with van der Waals surface area (Å²) in [4.78, 5) is 23.5. The molecular weight excluding hydrogens is 894 g/mol. The maximum absolute atomic E-state index is 13.0. The molecule has 6 unspecified atom stereocenters. The van der Waals surface area contributed by atoms with Crippen LogP contribution in [0.25, 0.3) is 0 Å². The Bertz CT molecular complexity index is 1210. The average Bonchev–Trinajstić information content (AvgIpc) is 3.33. The average molecular weight is 1000 g/mol. The van der Waals surface area contributed by atoms with Crippen molar-refractivity contribution in [1.29, 1.82) is 0 Å². The third kappa shape index (κ3) is 36.6. The van der Waals surface area contributed by atoms with E-state index in [9.17, 15) is 44.9 Å². The van der Waals surface area contributed by atoms with Crippen LogP contribution in [-0.4, -0.2) is 96.8 Å². The number of rotatable bonds is 50. The number of carbonyl (C=O) groups is 1. The minimum absolute atomic E-state index is 0.219. The van der Waals surface area contributed by atoms with Crippen LogP contribution in [0.1, 0.15) is 284 Å². The van der Waals surface area contributed by atoms with E-state index in [1.165, 1.54) is 218 Å². The molecule has 8 N–H and O–H groups in total. The first-order chi connectivity index (χ1) is 33.4. The number of amides is 1. The van der Waals surface area contributed by atoms with Gasteiger partial charge in [0.2, 0.25) is 5.91 Å². The fourth-order valence-electron chi connectivity index (χ4n) is 9.61. The van der Waals surface area contributed by atoms with E-state index >= 15 is 0 Å². The second kappa shape index (κ2) is 45.7. The van der Waals surface area contributed by atoms with E-state index in [-0.39, 0.29) is 12.3 Å². The van der Waals surface area contributed by atoms with Gasteiger partial charge in [-0.3, -0.25) is 13.8 Å². The Morgan fingerprint density at radius 3 is 1.10 bits per heavy atom. The quantitative estimate of drug-likeness (QED) is 0.0163. The molecule has 410 valence electrons. The van der Waals surface area contributed by atoms with Gasteiger partial charge in [-0.1, -0.05) is 270 Å². The van der Waals surface area contributed by atoms with Gasteiger partial charge in [0.05, 0.1) is 18.8 Å². The summed E-state index contributed by atoms with van der Waals surface area (Å²) in [5, 5.41) is 64.2. The van der Waals surface area contributed by atoms with Gasteiger partial charge in [0, 0.05) is 6.42 Å². The highest BCUT2D eigenvalue weighted by Crippen LogP contribution is 2.47. The lowest BCUT2D eigenvalue weighted by Crippen LogP contribution is -2.64. The zero-order valence-electron chi connectivity index (χ0n) is 44.4. The van der Waals surface area contributed by atoms with Crippen molar-refractivity contribution in [3.63, 3.8) is 0 Å². The van der Waals surface area contributed by atoms with Crippen molar-refractivity contribution in [1.82, 2.24) is 5.32 Å². The minimum Gasteiger partial charge on any atom is -0.387 e. The van der Waals surface area contributed by atoms with E-state index in [2.05, 4.69) is 19.2 Å². The molecule has 1 fully saturated rings. The van der Waals surface area contributed by atoms with Crippen molar-refractivity contribution in [3.05, 3.63) is 12.2 Å². The zero-order valence-corrected chi connectivity index (χ0v) is 45.3. The van der Waals surface area contributed by atoms with Crippen LogP contribution in [0.3, 0.4) is 0 Å². The van der Waals surface area contributed by atoms with Crippen molar-refractivity contribution in [2.45, 2.75) is 332 Å². The van der Waals surface area contributed by atoms with E-state index in [0.717, 1.165) is 44.9 Å². The molecule has 0 bridgehead atoms. The summed E-state index contributed by atoms with van der Waals surface area (Å²) in [5.41, 5.74) is 0. The van der Waals surface area contributed by atoms with Crippen LogP contribution in [-0.2, 0) is 18.4 Å². The van der Waals surface area contributed by atoms with Gasteiger partial charge < -0.3 is 40.8 Å². The molecule has 1 rings (SSSR count). The van der Waals surface area contributed by atoms with E-state index < -0.39 is 63.2 Å². The number of hydrogen-bond donors (Lipinski definition) is 8. The topological polar surface area (TPSA) is 206 Å². The highest BCUT2D eigenvalue weighted by Gasteiger charge is 2.51. The molecule has 0 spiro atoms. The molecule has 0 radical (unpaired) electrons. The van der Waals surface area contributed by atoms with E-state index in [1.54, 1.807) is 0 Å². The molecule has 0 saturated heterocycles. The van der Waals surface area contributed by atoms with Crippen LogP contribution < -0.4 is 5.32 Å². The molecule has 1 amide bonds. The Balaban J connectivity index is 2.22. The molecular formula is C56H110NO11P. The largest absolute Gasteiger partial charge is 0.472 e. The summed E-state index contributed by atoms with van der Waals surface area (Å²) in [7, 11) is -5.08.